The summed E-state index contributed by atoms with van der Waals surface area (Å²) in [5.74, 6) is 1.47. The average Bonchev–Trinajstić information content (AvgIpc) is 2.88. The fraction of sp³-hybridized carbons (Fsp3) is 0.321. The van der Waals surface area contributed by atoms with Gasteiger partial charge in [-0.3, -0.25) is 14.3 Å². The molecule has 34 heavy (non-hydrogen) atoms. The Morgan fingerprint density at radius 3 is 2.56 bits per heavy atom. The molecule has 174 valence electrons. The van der Waals surface area contributed by atoms with E-state index in [1.807, 2.05) is 67.6 Å². The van der Waals surface area contributed by atoms with E-state index in [2.05, 4.69) is 14.9 Å². The van der Waals surface area contributed by atoms with Gasteiger partial charge in [-0.25, -0.2) is 4.98 Å². The summed E-state index contributed by atoms with van der Waals surface area (Å²) in [5, 5.41) is 0.576. The van der Waals surface area contributed by atoms with Crippen LogP contribution in [0.2, 0.25) is 0 Å². The first-order chi connectivity index (χ1) is 16.7. The zero-order valence-corrected chi connectivity index (χ0v) is 19.6. The van der Waals surface area contributed by atoms with Crippen molar-refractivity contribution in [3.8, 4) is 22.7 Å². The van der Waals surface area contributed by atoms with Gasteiger partial charge in [0.2, 0.25) is 0 Å². The minimum Gasteiger partial charge on any atom is -0.494 e. The number of aromatic nitrogens is 3. The normalized spacial score (nSPS) is 14.4. The number of hydrogen-bond donors (Lipinski definition) is 0. The van der Waals surface area contributed by atoms with Crippen molar-refractivity contribution in [1.29, 1.82) is 0 Å². The molecule has 3 heterocycles. The van der Waals surface area contributed by atoms with Crippen LogP contribution in [-0.4, -0.2) is 45.7 Å². The van der Waals surface area contributed by atoms with Crippen molar-refractivity contribution in [1.82, 2.24) is 19.4 Å². The second-order valence-electron chi connectivity index (χ2n) is 8.84. The summed E-state index contributed by atoms with van der Waals surface area (Å²) in [7, 11) is 0. The van der Waals surface area contributed by atoms with Gasteiger partial charge >= 0.3 is 0 Å². The third-order valence-electron chi connectivity index (χ3n) is 6.43. The third kappa shape index (κ3) is 4.87. The largest absolute Gasteiger partial charge is 0.494 e. The number of aryl methyl sites for hydroxylation is 1. The number of hydrogen-bond acceptors (Lipinski definition) is 5. The van der Waals surface area contributed by atoms with Crippen molar-refractivity contribution < 1.29 is 4.74 Å². The Morgan fingerprint density at radius 1 is 0.971 bits per heavy atom. The van der Waals surface area contributed by atoms with Gasteiger partial charge in [0.25, 0.3) is 5.56 Å². The van der Waals surface area contributed by atoms with E-state index in [1.165, 1.54) is 32.4 Å². The van der Waals surface area contributed by atoms with Gasteiger partial charge in [-0.15, -0.1) is 0 Å². The zero-order valence-electron chi connectivity index (χ0n) is 19.6. The number of ether oxygens (including phenoxy) is 1. The van der Waals surface area contributed by atoms with E-state index in [0.717, 1.165) is 35.7 Å². The molecule has 2 aromatic heterocycles. The van der Waals surface area contributed by atoms with Gasteiger partial charge in [0.15, 0.2) is 0 Å². The minimum atomic E-state index is -0.0875. The van der Waals surface area contributed by atoms with Crippen LogP contribution >= 0.6 is 0 Å². The third-order valence-corrected chi connectivity index (χ3v) is 6.43. The monoisotopic (exact) mass is 454 g/mol. The van der Waals surface area contributed by atoms with Crippen molar-refractivity contribution in [3.05, 3.63) is 83.0 Å². The van der Waals surface area contributed by atoms with Crippen molar-refractivity contribution >= 4 is 10.9 Å². The summed E-state index contributed by atoms with van der Waals surface area (Å²) in [4.78, 5) is 25.1. The smallest absolute Gasteiger partial charge is 0.265 e. The SMILES string of the molecule is Cc1nc2ccc(-c3ccccn3)cc2c(=O)n1-c1ccc(OCCCN2CCCCC2)cc1. The fourth-order valence-electron chi connectivity index (χ4n) is 4.65. The maximum atomic E-state index is 13.4. The van der Waals surface area contributed by atoms with Crippen LogP contribution < -0.4 is 10.3 Å². The first-order valence-electron chi connectivity index (χ1n) is 12.1. The Labute approximate surface area is 199 Å². The fourth-order valence-corrected chi connectivity index (χ4v) is 4.65. The van der Waals surface area contributed by atoms with E-state index in [4.69, 9.17) is 4.74 Å². The molecule has 6 nitrogen and oxygen atoms in total. The molecule has 0 aliphatic carbocycles. The number of rotatable bonds is 7. The van der Waals surface area contributed by atoms with Crippen molar-refractivity contribution in [2.75, 3.05) is 26.2 Å². The maximum absolute atomic E-state index is 13.4. The van der Waals surface area contributed by atoms with Crippen LogP contribution in [-0.2, 0) is 0 Å². The van der Waals surface area contributed by atoms with Gasteiger partial charge in [0, 0.05) is 18.3 Å². The topological polar surface area (TPSA) is 60.3 Å². The Kier molecular flexibility index (Phi) is 6.67. The lowest BCUT2D eigenvalue weighted by atomic mass is 10.1. The Morgan fingerprint density at radius 2 is 1.79 bits per heavy atom. The molecule has 0 radical (unpaired) electrons. The van der Waals surface area contributed by atoms with Crippen LogP contribution in [0.5, 0.6) is 5.75 Å². The first-order valence-corrected chi connectivity index (χ1v) is 12.1. The van der Waals surface area contributed by atoms with Crippen LogP contribution in [0.3, 0.4) is 0 Å². The maximum Gasteiger partial charge on any atom is 0.265 e. The lowest BCUT2D eigenvalue weighted by Crippen LogP contribution is -2.31. The molecule has 0 amide bonds. The Balaban J connectivity index is 1.33. The summed E-state index contributed by atoms with van der Waals surface area (Å²) < 4.78 is 7.60. The van der Waals surface area contributed by atoms with E-state index in [1.54, 1.807) is 10.8 Å². The molecule has 0 atom stereocenters. The minimum absolute atomic E-state index is 0.0875. The van der Waals surface area contributed by atoms with Crippen molar-refractivity contribution in [2.24, 2.45) is 0 Å². The molecule has 1 fully saturated rings. The average molecular weight is 455 g/mol. The second kappa shape index (κ2) is 10.2. The molecule has 0 saturated carbocycles. The number of benzene rings is 2. The molecule has 2 aromatic carbocycles. The van der Waals surface area contributed by atoms with Gasteiger partial charge in [-0.2, -0.15) is 0 Å². The molecule has 1 aliphatic rings. The molecule has 0 unspecified atom stereocenters. The van der Waals surface area contributed by atoms with Crippen LogP contribution in [0.4, 0.5) is 0 Å². The number of pyridine rings is 1. The van der Waals surface area contributed by atoms with E-state index in [-0.39, 0.29) is 5.56 Å². The highest BCUT2D eigenvalue weighted by atomic mass is 16.5. The summed E-state index contributed by atoms with van der Waals surface area (Å²) in [6, 6.07) is 19.2. The van der Waals surface area contributed by atoms with E-state index in [0.29, 0.717) is 23.3 Å². The van der Waals surface area contributed by atoms with Gasteiger partial charge in [0.1, 0.15) is 11.6 Å². The van der Waals surface area contributed by atoms with Crippen LogP contribution in [0.25, 0.3) is 27.8 Å². The molecular weight excluding hydrogens is 424 g/mol. The predicted molar refractivity (Wildman–Crippen MR) is 136 cm³/mol. The summed E-state index contributed by atoms with van der Waals surface area (Å²) in [6.45, 7) is 6.08. The lowest BCUT2D eigenvalue weighted by Gasteiger charge is -2.26. The highest BCUT2D eigenvalue weighted by molar-refractivity contribution is 5.83. The predicted octanol–water partition coefficient (Wildman–Crippen LogP) is 5.01. The van der Waals surface area contributed by atoms with Crippen molar-refractivity contribution in [2.45, 2.75) is 32.6 Å². The highest BCUT2D eigenvalue weighted by Gasteiger charge is 2.12. The van der Waals surface area contributed by atoms with Crippen LogP contribution in [0.1, 0.15) is 31.5 Å². The number of piperidine rings is 1. The zero-order chi connectivity index (χ0) is 23.3. The summed E-state index contributed by atoms with van der Waals surface area (Å²) in [6.07, 6.45) is 6.76. The van der Waals surface area contributed by atoms with E-state index in [9.17, 15) is 4.79 Å². The molecule has 0 bridgehead atoms. The summed E-state index contributed by atoms with van der Waals surface area (Å²) >= 11 is 0. The number of fused-ring (bicyclic) bond motifs is 1. The molecule has 1 aliphatic heterocycles. The number of nitrogens with zero attached hydrogens (tertiary/aromatic N) is 4. The lowest BCUT2D eigenvalue weighted by molar-refractivity contribution is 0.205. The highest BCUT2D eigenvalue weighted by Crippen LogP contribution is 2.22. The summed E-state index contributed by atoms with van der Waals surface area (Å²) in [5.41, 5.74) is 3.11. The van der Waals surface area contributed by atoms with Gasteiger partial charge in [-0.05, 0) is 87.8 Å². The van der Waals surface area contributed by atoms with E-state index < -0.39 is 0 Å². The first kappa shape index (κ1) is 22.3. The molecule has 0 spiro atoms. The Bertz CT molecular complexity index is 1310. The molecule has 0 N–H and O–H groups in total. The van der Waals surface area contributed by atoms with Gasteiger partial charge in [0.05, 0.1) is 28.9 Å². The van der Waals surface area contributed by atoms with Crippen LogP contribution in [0, 0.1) is 6.92 Å². The van der Waals surface area contributed by atoms with E-state index >= 15 is 0 Å². The van der Waals surface area contributed by atoms with Gasteiger partial charge in [-0.1, -0.05) is 18.6 Å². The quantitative estimate of drug-likeness (QED) is 0.367. The van der Waals surface area contributed by atoms with Gasteiger partial charge < -0.3 is 9.64 Å². The molecular formula is C28H30N4O2. The van der Waals surface area contributed by atoms with Crippen molar-refractivity contribution in [3.63, 3.8) is 0 Å². The molecule has 1 saturated heterocycles. The molecule has 4 aromatic rings. The van der Waals surface area contributed by atoms with Crippen LogP contribution in [0.15, 0.2) is 71.7 Å². The molecule has 6 heteroatoms. The standard InChI is InChI=1S/C28H30N4O2/c1-21-30-27-14-9-22(26-8-3-4-15-29-26)20-25(27)28(33)32(21)23-10-12-24(13-11-23)34-19-7-18-31-16-5-2-6-17-31/h3-4,8-15,20H,2,5-7,16-19H2,1H3. The molecule has 5 rings (SSSR count). The Hall–Kier alpha value is -3.51. The number of likely N-dealkylation sites (tertiary alicyclic amines) is 1. The second-order valence-corrected chi connectivity index (χ2v) is 8.84.